The minimum absolute atomic E-state index is 1.11. The van der Waals surface area contributed by atoms with Crippen LogP contribution in [0, 0.1) is 0 Å². The summed E-state index contributed by atoms with van der Waals surface area (Å²) in [4.78, 5) is 0. The van der Waals surface area contributed by atoms with Gasteiger partial charge in [0, 0.05) is 11.5 Å². The molecule has 0 N–H and O–H groups in total. The van der Waals surface area contributed by atoms with Crippen LogP contribution in [0.25, 0.3) is 0 Å². The van der Waals surface area contributed by atoms with Crippen molar-refractivity contribution in [2.75, 3.05) is 0 Å². The van der Waals surface area contributed by atoms with E-state index in [2.05, 4.69) is 48.5 Å². The molecule has 0 fully saturated rings. The highest BCUT2D eigenvalue weighted by Crippen LogP contribution is 2.25. The molecule has 2 bridgehead atoms. The lowest BCUT2D eigenvalue weighted by atomic mass is 10.0. The molecule has 0 atom stereocenters. The third-order valence-electron chi connectivity index (χ3n) is 3.80. The van der Waals surface area contributed by atoms with Crippen LogP contribution < -0.4 is 0 Å². The summed E-state index contributed by atoms with van der Waals surface area (Å²) in [6.45, 7) is 0. The van der Waals surface area contributed by atoms with Gasteiger partial charge in [0.1, 0.15) is 0 Å². The van der Waals surface area contributed by atoms with Crippen molar-refractivity contribution in [1.82, 2.24) is 0 Å². The van der Waals surface area contributed by atoms with Crippen LogP contribution in [0.3, 0.4) is 0 Å². The Morgan fingerprint density at radius 2 is 1.68 bits per heavy atom. The first-order chi connectivity index (χ1) is 9.42. The van der Waals surface area contributed by atoms with Crippen LogP contribution in [-0.4, -0.2) is 0 Å². The summed E-state index contributed by atoms with van der Waals surface area (Å²) in [5, 5.41) is 0. The van der Waals surface area contributed by atoms with E-state index in [0.29, 0.717) is 0 Å². The zero-order valence-electron chi connectivity index (χ0n) is 11.3. The molecule has 0 spiro atoms. The molecule has 0 radical (unpaired) electrons. The highest BCUT2D eigenvalue weighted by atomic mass is 32.2. The third-order valence-corrected chi connectivity index (χ3v) is 4.85. The van der Waals surface area contributed by atoms with Crippen LogP contribution in [0.1, 0.15) is 35.1 Å². The summed E-state index contributed by atoms with van der Waals surface area (Å²) in [5.74, 6) is 2.26. The normalized spacial score (nSPS) is 14.1. The molecular weight excluding hydrogens is 248 g/mol. The molecular formula is C18H20S. The molecule has 0 saturated carbocycles. The maximum absolute atomic E-state index is 2.44. The lowest BCUT2D eigenvalue weighted by Crippen LogP contribution is -1.92. The zero-order chi connectivity index (χ0) is 12.9. The number of aryl methyl sites for hydroxylation is 2. The predicted molar refractivity (Wildman–Crippen MR) is 84.5 cm³/mol. The van der Waals surface area contributed by atoms with Gasteiger partial charge in [-0.25, -0.2) is 0 Å². The van der Waals surface area contributed by atoms with E-state index in [4.69, 9.17) is 0 Å². The van der Waals surface area contributed by atoms with Crippen LogP contribution in [0.4, 0.5) is 0 Å². The van der Waals surface area contributed by atoms with E-state index in [1.807, 2.05) is 11.8 Å². The maximum atomic E-state index is 2.44. The van der Waals surface area contributed by atoms with E-state index in [-0.39, 0.29) is 0 Å². The van der Waals surface area contributed by atoms with Crippen molar-refractivity contribution < 1.29 is 0 Å². The Hall–Kier alpha value is -1.21. The second-order valence-electron chi connectivity index (χ2n) is 5.29. The second-order valence-corrected chi connectivity index (χ2v) is 6.27. The van der Waals surface area contributed by atoms with Gasteiger partial charge in [0.05, 0.1) is 0 Å². The second kappa shape index (κ2) is 6.29. The SMILES string of the molecule is c1ccc(CSCc2ccc3cc2CCCC3)cc1. The van der Waals surface area contributed by atoms with E-state index in [9.17, 15) is 0 Å². The van der Waals surface area contributed by atoms with Crippen molar-refractivity contribution in [3.05, 3.63) is 70.8 Å². The van der Waals surface area contributed by atoms with Gasteiger partial charge < -0.3 is 0 Å². The summed E-state index contributed by atoms with van der Waals surface area (Å²) < 4.78 is 0. The first-order valence-corrected chi connectivity index (χ1v) is 8.29. The molecule has 0 heterocycles. The van der Waals surface area contributed by atoms with Crippen molar-refractivity contribution in [3.63, 3.8) is 0 Å². The van der Waals surface area contributed by atoms with E-state index < -0.39 is 0 Å². The Morgan fingerprint density at radius 1 is 0.842 bits per heavy atom. The van der Waals surface area contributed by atoms with E-state index in [1.165, 1.54) is 36.8 Å². The average Bonchev–Trinajstić information content (AvgIpc) is 2.65. The molecule has 0 aromatic heterocycles. The summed E-state index contributed by atoms with van der Waals surface area (Å²) in [5.41, 5.74) is 6.10. The van der Waals surface area contributed by atoms with Gasteiger partial charge in [-0.1, -0.05) is 48.5 Å². The average molecular weight is 268 g/mol. The molecule has 0 amide bonds. The summed E-state index contributed by atoms with van der Waals surface area (Å²) in [6, 6.07) is 17.9. The highest BCUT2D eigenvalue weighted by Gasteiger charge is 2.08. The van der Waals surface area contributed by atoms with Gasteiger partial charge in [0.2, 0.25) is 0 Å². The highest BCUT2D eigenvalue weighted by molar-refractivity contribution is 7.97. The Balaban J connectivity index is 1.62. The van der Waals surface area contributed by atoms with Crippen molar-refractivity contribution >= 4 is 11.8 Å². The zero-order valence-corrected chi connectivity index (χ0v) is 12.1. The van der Waals surface area contributed by atoms with Crippen LogP contribution in [0.2, 0.25) is 0 Å². The van der Waals surface area contributed by atoms with E-state index >= 15 is 0 Å². The smallest absolute Gasteiger partial charge is 0.0190 e. The van der Waals surface area contributed by atoms with Gasteiger partial charge in [0.25, 0.3) is 0 Å². The van der Waals surface area contributed by atoms with Crippen LogP contribution in [-0.2, 0) is 24.3 Å². The van der Waals surface area contributed by atoms with Gasteiger partial charge in [-0.15, -0.1) is 0 Å². The lowest BCUT2D eigenvalue weighted by Gasteiger charge is -2.09. The molecule has 0 unspecified atom stereocenters. The van der Waals surface area contributed by atoms with E-state index in [0.717, 1.165) is 11.5 Å². The molecule has 0 saturated heterocycles. The fourth-order valence-corrected chi connectivity index (χ4v) is 3.74. The molecule has 3 rings (SSSR count). The van der Waals surface area contributed by atoms with Crippen LogP contribution in [0.5, 0.6) is 0 Å². The fraction of sp³-hybridized carbons (Fsp3) is 0.333. The Morgan fingerprint density at radius 3 is 2.58 bits per heavy atom. The van der Waals surface area contributed by atoms with Crippen molar-refractivity contribution in [2.24, 2.45) is 0 Å². The molecule has 2 aromatic rings. The van der Waals surface area contributed by atoms with Gasteiger partial charge >= 0.3 is 0 Å². The first-order valence-electron chi connectivity index (χ1n) is 7.14. The standard InChI is InChI=1S/C18H20S/c1-2-7-16(8-3-1)13-19-14-18-11-10-15-6-4-5-9-17(18)12-15/h1-3,7-8,10-12H,4-6,9,13-14H2. The van der Waals surface area contributed by atoms with E-state index in [1.54, 1.807) is 11.1 Å². The molecule has 2 aromatic carbocycles. The van der Waals surface area contributed by atoms with Crippen molar-refractivity contribution in [3.8, 4) is 0 Å². The maximum Gasteiger partial charge on any atom is 0.0190 e. The largest absolute Gasteiger partial charge is 0.152 e. The quantitative estimate of drug-likeness (QED) is 0.752. The summed E-state index contributed by atoms with van der Waals surface area (Å²) in [7, 11) is 0. The minimum Gasteiger partial charge on any atom is -0.152 e. The molecule has 19 heavy (non-hydrogen) atoms. The summed E-state index contributed by atoms with van der Waals surface area (Å²) in [6.07, 6.45) is 5.24. The van der Waals surface area contributed by atoms with Gasteiger partial charge in [-0.3, -0.25) is 0 Å². The number of benzene rings is 2. The number of hydrogen-bond donors (Lipinski definition) is 0. The number of rotatable bonds is 4. The Labute approximate surface area is 120 Å². The molecule has 0 nitrogen and oxygen atoms in total. The van der Waals surface area contributed by atoms with Gasteiger partial charge in [0.15, 0.2) is 0 Å². The monoisotopic (exact) mass is 268 g/mol. The molecule has 1 aliphatic carbocycles. The van der Waals surface area contributed by atoms with Crippen LogP contribution >= 0.6 is 11.8 Å². The predicted octanol–water partition coefficient (Wildman–Crippen LogP) is 5.00. The molecule has 0 aliphatic heterocycles. The third kappa shape index (κ3) is 3.42. The number of fused-ring (bicyclic) bond motifs is 2. The molecule has 1 heteroatoms. The number of thioether (sulfide) groups is 1. The minimum atomic E-state index is 1.11. The summed E-state index contributed by atoms with van der Waals surface area (Å²) >= 11 is 2.03. The topological polar surface area (TPSA) is 0 Å². The molecule has 98 valence electrons. The number of hydrogen-bond acceptors (Lipinski definition) is 1. The molecule has 1 aliphatic rings. The Kier molecular flexibility index (Phi) is 4.24. The van der Waals surface area contributed by atoms with Gasteiger partial charge in [-0.05, 0) is 47.9 Å². The van der Waals surface area contributed by atoms with Crippen LogP contribution in [0.15, 0.2) is 48.5 Å². The first kappa shape index (κ1) is 12.8. The Bertz CT molecular complexity index is 531. The van der Waals surface area contributed by atoms with Gasteiger partial charge in [-0.2, -0.15) is 11.8 Å². The fourth-order valence-electron chi connectivity index (χ4n) is 2.71. The lowest BCUT2D eigenvalue weighted by molar-refractivity contribution is 0.753. The van der Waals surface area contributed by atoms with Crippen molar-refractivity contribution in [2.45, 2.75) is 37.2 Å². The van der Waals surface area contributed by atoms with Crippen molar-refractivity contribution in [1.29, 1.82) is 0 Å².